The number of esters is 1. The molecule has 0 aliphatic heterocycles. The molecule has 0 bridgehead atoms. The van der Waals surface area contributed by atoms with Gasteiger partial charge in [0.25, 0.3) is 0 Å². The summed E-state index contributed by atoms with van der Waals surface area (Å²) in [5, 5.41) is 3.09. The minimum Gasteiger partial charge on any atom is -0.462 e. The highest BCUT2D eigenvalue weighted by molar-refractivity contribution is 7.81. The second kappa shape index (κ2) is 7.57. The molecule has 0 aliphatic carbocycles. The zero-order valence-corrected chi connectivity index (χ0v) is 13.8. The van der Waals surface area contributed by atoms with Gasteiger partial charge in [-0.1, -0.05) is 12.1 Å². The van der Waals surface area contributed by atoms with Crippen molar-refractivity contribution < 1.29 is 26.7 Å². The van der Waals surface area contributed by atoms with Crippen molar-refractivity contribution >= 4 is 16.4 Å². The maximum absolute atomic E-state index is 12.2. The topological polar surface area (TPSA) is 102 Å². The molecule has 1 rings (SSSR count). The van der Waals surface area contributed by atoms with E-state index in [0.29, 0.717) is 5.56 Å². The second-order valence-corrected chi connectivity index (χ2v) is 6.34. The van der Waals surface area contributed by atoms with Crippen molar-refractivity contribution in [3.63, 3.8) is 0 Å². The van der Waals surface area contributed by atoms with Gasteiger partial charge in [0.15, 0.2) is 0 Å². The molecule has 22 heavy (non-hydrogen) atoms. The third kappa shape index (κ3) is 6.42. The van der Waals surface area contributed by atoms with Crippen LogP contribution >= 0.6 is 0 Å². The van der Waals surface area contributed by atoms with E-state index in [4.69, 9.17) is 9.29 Å². The standard InChI is InChI=1S/C14H21NO6S/c1-9(2)15-13(14(16)20-10(3)4)11-5-7-12(8-6-11)21-22(17,18)19/h5-10,13,15H,1-4H3,(H,17,18,19). The molecule has 2 N–H and O–H groups in total. The largest absolute Gasteiger partial charge is 0.462 e. The Morgan fingerprint density at radius 3 is 2.09 bits per heavy atom. The summed E-state index contributed by atoms with van der Waals surface area (Å²) in [4.78, 5) is 12.2. The number of benzene rings is 1. The van der Waals surface area contributed by atoms with Crippen LogP contribution in [-0.4, -0.2) is 31.1 Å². The van der Waals surface area contributed by atoms with E-state index in [2.05, 4.69) is 9.50 Å². The number of carbonyl (C=O) groups excluding carboxylic acids is 1. The first-order valence-electron chi connectivity index (χ1n) is 6.82. The van der Waals surface area contributed by atoms with Crippen molar-refractivity contribution in [3.8, 4) is 5.75 Å². The lowest BCUT2D eigenvalue weighted by Crippen LogP contribution is -2.35. The predicted octanol–water partition coefficient (Wildman–Crippen LogP) is 1.86. The smallest absolute Gasteiger partial charge is 0.446 e. The molecule has 0 radical (unpaired) electrons. The van der Waals surface area contributed by atoms with Crippen LogP contribution in [0, 0.1) is 0 Å². The van der Waals surface area contributed by atoms with Gasteiger partial charge in [-0.15, -0.1) is 0 Å². The van der Waals surface area contributed by atoms with Gasteiger partial charge in [-0.2, -0.15) is 8.42 Å². The van der Waals surface area contributed by atoms with E-state index in [-0.39, 0.29) is 17.9 Å². The highest BCUT2D eigenvalue weighted by Gasteiger charge is 2.24. The van der Waals surface area contributed by atoms with E-state index in [1.54, 1.807) is 13.8 Å². The lowest BCUT2D eigenvalue weighted by molar-refractivity contribution is -0.150. The van der Waals surface area contributed by atoms with Gasteiger partial charge in [-0.05, 0) is 45.4 Å². The summed E-state index contributed by atoms with van der Waals surface area (Å²) < 4.78 is 39.4. The molecule has 0 fully saturated rings. The Bertz CT molecular complexity index is 594. The lowest BCUT2D eigenvalue weighted by Gasteiger charge is -2.21. The van der Waals surface area contributed by atoms with Gasteiger partial charge in [-0.25, -0.2) is 4.79 Å². The summed E-state index contributed by atoms with van der Waals surface area (Å²) in [5.41, 5.74) is 0.599. The van der Waals surface area contributed by atoms with E-state index in [0.717, 1.165) is 0 Å². The zero-order valence-electron chi connectivity index (χ0n) is 12.9. The van der Waals surface area contributed by atoms with Crippen molar-refractivity contribution in [2.45, 2.75) is 45.9 Å². The molecule has 1 atom stereocenters. The fourth-order valence-electron chi connectivity index (χ4n) is 1.77. The average Bonchev–Trinajstić information content (AvgIpc) is 2.34. The van der Waals surface area contributed by atoms with Crippen LogP contribution in [0.2, 0.25) is 0 Å². The van der Waals surface area contributed by atoms with Crippen LogP contribution in [0.4, 0.5) is 0 Å². The zero-order chi connectivity index (χ0) is 16.9. The molecule has 124 valence electrons. The molecule has 0 amide bonds. The maximum atomic E-state index is 12.2. The molecule has 1 aromatic carbocycles. The Hall–Kier alpha value is -1.64. The minimum absolute atomic E-state index is 0.0402. The fourth-order valence-corrected chi connectivity index (χ4v) is 2.13. The third-order valence-electron chi connectivity index (χ3n) is 2.50. The highest BCUT2D eigenvalue weighted by Crippen LogP contribution is 2.21. The summed E-state index contributed by atoms with van der Waals surface area (Å²) in [7, 11) is -4.57. The monoisotopic (exact) mass is 331 g/mol. The summed E-state index contributed by atoms with van der Waals surface area (Å²) in [6.45, 7) is 7.30. The first-order valence-corrected chi connectivity index (χ1v) is 8.18. The first-order chi connectivity index (χ1) is 10.1. The SMILES string of the molecule is CC(C)NC(C(=O)OC(C)C)c1ccc(OS(=O)(=O)O)cc1. The van der Waals surface area contributed by atoms with Crippen LogP contribution in [0.3, 0.4) is 0 Å². The van der Waals surface area contributed by atoms with Crippen molar-refractivity contribution in [1.82, 2.24) is 5.32 Å². The number of rotatable bonds is 7. The van der Waals surface area contributed by atoms with Crippen LogP contribution in [-0.2, 0) is 19.9 Å². The molecule has 1 aromatic rings. The number of nitrogens with one attached hydrogen (secondary N) is 1. The van der Waals surface area contributed by atoms with Gasteiger partial charge in [0.1, 0.15) is 11.8 Å². The molecule has 0 aromatic heterocycles. The van der Waals surface area contributed by atoms with Gasteiger partial charge in [0.2, 0.25) is 0 Å². The van der Waals surface area contributed by atoms with Crippen LogP contribution in [0.1, 0.15) is 39.3 Å². The molecule has 0 heterocycles. The maximum Gasteiger partial charge on any atom is 0.446 e. The summed E-state index contributed by atoms with van der Waals surface area (Å²) in [5.74, 6) is -0.473. The molecule has 1 unspecified atom stereocenters. The quantitative estimate of drug-likeness (QED) is 0.581. The Labute approximate surface area is 130 Å². The van der Waals surface area contributed by atoms with E-state index < -0.39 is 22.4 Å². The average molecular weight is 331 g/mol. The second-order valence-electron chi connectivity index (χ2n) is 5.32. The van der Waals surface area contributed by atoms with Crippen LogP contribution in [0.5, 0.6) is 5.75 Å². The summed E-state index contributed by atoms with van der Waals surface area (Å²) in [6, 6.07) is 5.12. The molecule has 7 nitrogen and oxygen atoms in total. The van der Waals surface area contributed by atoms with Crippen molar-refractivity contribution in [2.75, 3.05) is 0 Å². The molecule has 0 saturated carbocycles. The van der Waals surface area contributed by atoms with Gasteiger partial charge in [0, 0.05) is 6.04 Å². The fraction of sp³-hybridized carbons (Fsp3) is 0.500. The van der Waals surface area contributed by atoms with Crippen LogP contribution in [0.15, 0.2) is 24.3 Å². The molecular weight excluding hydrogens is 310 g/mol. The highest BCUT2D eigenvalue weighted by atomic mass is 32.3. The Morgan fingerprint density at radius 2 is 1.68 bits per heavy atom. The number of ether oxygens (including phenoxy) is 1. The van der Waals surface area contributed by atoms with Gasteiger partial charge >= 0.3 is 16.4 Å². The normalized spacial score (nSPS) is 13.2. The predicted molar refractivity (Wildman–Crippen MR) is 80.9 cm³/mol. The van der Waals surface area contributed by atoms with E-state index in [1.165, 1.54) is 24.3 Å². The summed E-state index contributed by atoms with van der Waals surface area (Å²) >= 11 is 0. The van der Waals surface area contributed by atoms with Crippen LogP contribution in [0.25, 0.3) is 0 Å². The molecule has 8 heteroatoms. The molecule has 0 spiro atoms. The van der Waals surface area contributed by atoms with E-state index in [9.17, 15) is 13.2 Å². The van der Waals surface area contributed by atoms with Crippen molar-refractivity contribution in [3.05, 3.63) is 29.8 Å². The van der Waals surface area contributed by atoms with Crippen LogP contribution < -0.4 is 9.50 Å². The minimum atomic E-state index is -4.57. The van der Waals surface area contributed by atoms with Crippen molar-refractivity contribution in [2.24, 2.45) is 0 Å². The van der Waals surface area contributed by atoms with Gasteiger partial charge in [-0.3, -0.25) is 9.87 Å². The number of carbonyl (C=O) groups is 1. The summed E-state index contributed by atoms with van der Waals surface area (Å²) in [6.07, 6.45) is -0.244. The lowest BCUT2D eigenvalue weighted by atomic mass is 10.1. The first kappa shape index (κ1) is 18.4. The van der Waals surface area contributed by atoms with Gasteiger partial charge < -0.3 is 8.92 Å². The third-order valence-corrected chi connectivity index (χ3v) is 2.91. The number of hydrogen-bond acceptors (Lipinski definition) is 6. The van der Waals surface area contributed by atoms with Gasteiger partial charge in [0.05, 0.1) is 6.10 Å². The van der Waals surface area contributed by atoms with Crippen molar-refractivity contribution in [1.29, 1.82) is 0 Å². The molecular formula is C14H21NO6S. The Morgan fingerprint density at radius 1 is 1.14 bits per heavy atom. The Kier molecular flexibility index (Phi) is 6.34. The van der Waals surface area contributed by atoms with E-state index in [1.807, 2.05) is 13.8 Å². The number of hydrogen-bond donors (Lipinski definition) is 2. The molecule has 0 saturated heterocycles. The molecule has 0 aliphatic rings. The Balaban J connectivity index is 2.97. The van der Waals surface area contributed by atoms with E-state index >= 15 is 0 Å².